The average molecular weight is 320 g/mol. The van der Waals surface area contributed by atoms with Gasteiger partial charge in [0.15, 0.2) is 5.76 Å². The Morgan fingerprint density at radius 2 is 2.13 bits per heavy atom. The van der Waals surface area contributed by atoms with Crippen LogP contribution in [0.2, 0.25) is 0 Å². The van der Waals surface area contributed by atoms with E-state index in [9.17, 15) is 19.7 Å². The number of nitrogens with zero attached hydrogens (tertiary/aromatic N) is 3. The fourth-order valence-corrected chi connectivity index (χ4v) is 2.93. The monoisotopic (exact) mass is 320 g/mol. The van der Waals surface area contributed by atoms with Crippen molar-refractivity contribution in [1.82, 2.24) is 10.3 Å². The SMILES string of the molecule is CC1CCC2(CC1)NC(=O)N(/N=C/c1ccc([N+](=O)[O-])o1)C2=O. The van der Waals surface area contributed by atoms with Crippen molar-refractivity contribution in [1.29, 1.82) is 0 Å². The van der Waals surface area contributed by atoms with Gasteiger partial charge in [0, 0.05) is 0 Å². The quantitative estimate of drug-likeness (QED) is 0.395. The van der Waals surface area contributed by atoms with Crippen LogP contribution in [-0.2, 0) is 4.79 Å². The van der Waals surface area contributed by atoms with E-state index < -0.39 is 22.4 Å². The maximum Gasteiger partial charge on any atom is 0.433 e. The molecule has 1 saturated carbocycles. The van der Waals surface area contributed by atoms with Crippen molar-refractivity contribution in [3.63, 3.8) is 0 Å². The van der Waals surface area contributed by atoms with E-state index in [-0.39, 0.29) is 11.7 Å². The smallest absolute Gasteiger partial charge is 0.400 e. The molecular formula is C14H16N4O5. The lowest BCUT2D eigenvalue weighted by molar-refractivity contribution is -0.402. The zero-order valence-electron chi connectivity index (χ0n) is 12.5. The van der Waals surface area contributed by atoms with E-state index in [4.69, 9.17) is 4.42 Å². The Balaban J connectivity index is 1.75. The Morgan fingerprint density at radius 3 is 2.74 bits per heavy atom. The summed E-state index contributed by atoms with van der Waals surface area (Å²) in [6.45, 7) is 2.12. The molecule has 3 amide bonds. The molecule has 1 aliphatic carbocycles. The van der Waals surface area contributed by atoms with E-state index >= 15 is 0 Å². The van der Waals surface area contributed by atoms with Gasteiger partial charge in [0.2, 0.25) is 0 Å². The third-order valence-corrected chi connectivity index (χ3v) is 4.36. The molecule has 2 fully saturated rings. The Hall–Kier alpha value is -2.71. The second-order valence-corrected chi connectivity index (χ2v) is 5.99. The Labute approximate surface area is 131 Å². The van der Waals surface area contributed by atoms with Gasteiger partial charge in [0.1, 0.15) is 10.5 Å². The minimum Gasteiger partial charge on any atom is -0.400 e. The summed E-state index contributed by atoms with van der Waals surface area (Å²) in [5.74, 6) is -0.185. The van der Waals surface area contributed by atoms with Crippen LogP contribution in [0.3, 0.4) is 0 Å². The van der Waals surface area contributed by atoms with Gasteiger partial charge in [0.05, 0.1) is 12.3 Å². The molecule has 3 rings (SSSR count). The van der Waals surface area contributed by atoms with Crippen molar-refractivity contribution in [3.05, 3.63) is 28.0 Å². The first-order valence-corrected chi connectivity index (χ1v) is 7.36. The lowest BCUT2D eigenvalue weighted by Crippen LogP contribution is -2.49. The number of carbonyl (C=O) groups is 2. The first-order valence-electron chi connectivity index (χ1n) is 7.36. The minimum absolute atomic E-state index is 0.0931. The highest BCUT2D eigenvalue weighted by Crippen LogP contribution is 2.36. The van der Waals surface area contributed by atoms with E-state index in [0.29, 0.717) is 18.8 Å². The maximum absolute atomic E-state index is 12.5. The molecule has 1 saturated heterocycles. The number of hydrogen-bond acceptors (Lipinski definition) is 6. The van der Waals surface area contributed by atoms with Gasteiger partial charge in [-0.05, 0) is 37.7 Å². The number of hydrogen-bond donors (Lipinski definition) is 1. The standard InChI is InChI=1S/C14H16N4O5/c1-9-4-6-14(7-5-9)12(19)17(13(20)16-14)15-8-10-2-3-11(23-10)18(21)22/h2-3,8-9H,4-7H2,1H3,(H,16,20)/b15-8+. The van der Waals surface area contributed by atoms with Crippen LogP contribution in [0, 0.1) is 16.0 Å². The predicted molar refractivity (Wildman–Crippen MR) is 78.7 cm³/mol. The van der Waals surface area contributed by atoms with Gasteiger partial charge < -0.3 is 9.73 Å². The van der Waals surface area contributed by atoms with E-state index in [0.717, 1.165) is 24.1 Å². The fraction of sp³-hybridized carbons (Fsp3) is 0.500. The summed E-state index contributed by atoms with van der Waals surface area (Å²) in [5.41, 5.74) is -0.865. The third-order valence-electron chi connectivity index (χ3n) is 4.36. The molecule has 2 heterocycles. The van der Waals surface area contributed by atoms with Gasteiger partial charge in [-0.2, -0.15) is 5.10 Å². The molecule has 1 spiro atoms. The second-order valence-electron chi connectivity index (χ2n) is 5.99. The molecule has 1 aromatic rings. The molecule has 1 aromatic heterocycles. The van der Waals surface area contributed by atoms with E-state index in [2.05, 4.69) is 17.3 Å². The number of urea groups is 1. The van der Waals surface area contributed by atoms with Crippen LogP contribution in [0.4, 0.5) is 10.7 Å². The van der Waals surface area contributed by atoms with E-state index in [1.165, 1.54) is 12.1 Å². The van der Waals surface area contributed by atoms with Crippen molar-refractivity contribution in [2.24, 2.45) is 11.0 Å². The average Bonchev–Trinajstić information content (AvgIpc) is 3.06. The summed E-state index contributed by atoms with van der Waals surface area (Å²) in [6, 6.07) is 1.94. The molecule has 23 heavy (non-hydrogen) atoms. The molecule has 0 bridgehead atoms. The number of hydrazone groups is 1. The molecule has 0 atom stereocenters. The van der Waals surface area contributed by atoms with Crippen molar-refractivity contribution >= 4 is 24.0 Å². The van der Waals surface area contributed by atoms with Crippen LogP contribution in [0.25, 0.3) is 0 Å². The molecule has 9 nitrogen and oxygen atoms in total. The predicted octanol–water partition coefficient (Wildman–Crippen LogP) is 2.02. The maximum atomic E-state index is 12.5. The largest absolute Gasteiger partial charge is 0.433 e. The first-order chi connectivity index (χ1) is 10.9. The Bertz CT molecular complexity index is 687. The second kappa shape index (κ2) is 5.49. The van der Waals surface area contributed by atoms with Crippen molar-refractivity contribution < 1.29 is 18.9 Å². The number of imide groups is 1. The third kappa shape index (κ3) is 2.69. The van der Waals surface area contributed by atoms with Crippen LogP contribution in [-0.4, -0.2) is 33.6 Å². The van der Waals surface area contributed by atoms with E-state index in [1.807, 2.05) is 0 Å². The normalized spacial score (nSPS) is 27.9. The number of carbonyl (C=O) groups excluding carboxylic acids is 2. The number of nitrogens with one attached hydrogen (secondary N) is 1. The van der Waals surface area contributed by atoms with Crippen LogP contribution in [0.15, 0.2) is 21.7 Å². The van der Waals surface area contributed by atoms with E-state index in [1.54, 1.807) is 0 Å². The highest BCUT2D eigenvalue weighted by molar-refractivity contribution is 6.07. The van der Waals surface area contributed by atoms with Crippen molar-refractivity contribution in [3.8, 4) is 0 Å². The summed E-state index contributed by atoms with van der Waals surface area (Å²) in [6.07, 6.45) is 4.05. The molecule has 0 aromatic carbocycles. The minimum atomic E-state index is -0.865. The zero-order chi connectivity index (χ0) is 16.6. The number of nitro groups is 1. The Morgan fingerprint density at radius 1 is 1.43 bits per heavy atom. The van der Waals surface area contributed by atoms with Crippen molar-refractivity contribution in [2.75, 3.05) is 0 Å². The lowest BCUT2D eigenvalue weighted by atomic mass is 9.77. The number of rotatable bonds is 3. The topological polar surface area (TPSA) is 118 Å². The van der Waals surface area contributed by atoms with Gasteiger partial charge in [-0.3, -0.25) is 14.9 Å². The van der Waals surface area contributed by atoms with Gasteiger partial charge in [-0.25, -0.2) is 4.79 Å². The molecule has 1 aliphatic heterocycles. The van der Waals surface area contributed by atoms with Gasteiger partial charge in [0.25, 0.3) is 5.91 Å². The lowest BCUT2D eigenvalue weighted by Gasteiger charge is -2.33. The van der Waals surface area contributed by atoms with Crippen LogP contribution in [0.5, 0.6) is 0 Å². The summed E-state index contributed by atoms with van der Waals surface area (Å²) < 4.78 is 4.91. The summed E-state index contributed by atoms with van der Waals surface area (Å²) in [7, 11) is 0. The summed E-state index contributed by atoms with van der Waals surface area (Å²) >= 11 is 0. The highest BCUT2D eigenvalue weighted by Gasteiger charge is 2.52. The summed E-state index contributed by atoms with van der Waals surface area (Å²) in [4.78, 5) is 34.4. The molecule has 1 N–H and O–H groups in total. The summed E-state index contributed by atoms with van der Waals surface area (Å²) in [5, 5.41) is 17.9. The number of amides is 3. The first kappa shape index (κ1) is 15.2. The van der Waals surface area contributed by atoms with Crippen LogP contribution in [0.1, 0.15) is 38.4 Å². The van der Waals surface area contributed by atoms with Gasteiger partial charge in [-0.15, -0.1) is 5.01 Å². The fourth-order valence-electron chi connectivity index (χ4n) is 2.93. The van der Waals surface area contributed by atoms with Crippen molar-refractivity contribution in [2.45, 2.75) is 38.1 Å². The molecule has 2 aliphatic rings. The highest BCUT2D eigenvalue weighted by atomic mass is 16.6. The van der Waals surface area contributed by atoms with Crippen LogP contribution < -0.4 is 5.32 Å². The molecule has 0 unspecified atom stereocenters. The molecule has 122 valence electrons. The van der Waals surface area contributed by atoms with Crippen LogP contribution >= 0.6 is 0 Å². The number of furan rings is 1. The molecular weight excluding hydrogens is 304 g/mol. The van der Waals surface area contributed by atoms with Gasteiger partial charge in [-0.1, -0.05) is 6.92 Å². The molecule has 0 radical (unpaired) electrons. The Kier molecular flexibility index (Phi) is 3.63. The molecule has 9 heteroatoms. The van der Waals surface area contributed by atoms with Gasteiger partial charge >= 0.3 is 11.9 Å². The zero-order valence-corrected chi connectivity index (χ0v) is 12.5.